The summed E-state index contributed by atoms with van der Waals surface area (Å²) in [6.07, 6.45) is 0. The van der Waals surface area contributed by atoms with Crippen molar-refractivity contribution >= 4 is 33.1 Å². The van der Waals surface area contributed by atoms with Crippen molar-refractivity contribution in [2.45, 2.75) is 39.5 Å². The highest BCUT2D eigenvalue weighted by Crippen LogP contribution is 2.37. The molecule has 1 heterocycles. The molecule has 0 saturated heterocycles. The summed E-state index contributed by atoms with van der Waals surface area (Å²) in [4.78, 5) is 5.18. The molecule has 5 aromatic rings. The maximum Gasteiger partial charge on any atom is 0.0944 e. The number of hydrogen-bond donors (Lipinski definition) is 1. The molecule has 2 nitrogen and oxygen atoms in total. The van der Waals surface area contributed by atoms with Crippen molar-refractivity contribution in [3.8, 4) is 11.3 Å². The van der Waals surface area contributed by atoms with Crippen LogP contribution in [0.2, 0.25) is 0 Å². The second kappa shape index (κ2) is 8.71. The molecule has 33 heavy (non-hydrogen) atoms. The Morgan fingerprint density at radius 3 is 2.00 bits per heavy atom. The number of anilines is 2. The number of rotatable bonds is 5. The van der Waals surface area contributed by atoms with E-state index in [-0.39, 0.29) is 0 Å². The molecule has 0 fully saturated rings. The molecule has 0 aliphatic heterocycles. The Kier molecular flexibility index (Phi) is 5.60. The number of fused-ring (bicyclic) bond motifs is 2. The van der Waals surface area contributed by atoms with Gasteiger partial charge in [0.15, 0.2) is 0 Å². The third kappa shape index (κ3) is 3.98. The summed E-state index contributed by atoms with van der Waals surface area (Å²) in [5.74, 6) is 0.862. The Morgan fingerprint density at radius 2 is 1.24 bits per heavy atom. The van der Waals surface area contributed by atoms with E-state index in [9.17, 15) is 0 Å². The first kappa shape index (κ1) is 21.2. The van der Waals surface area contributed by atoms with Crippen LogP contribution in [0.1, 0.15) is 50.7 Å². The number of pyridine rings is 1. The Balaban J connectivity index is 1.67. The van der Waals surface area contributed by atoms with Crippen LogP contribution in [0.4, 0.5) is 11.4 Å². The maximum atomic E-state index is 5.18. The van der Waals surface area contributed by atoms with E-state index in [4.69, 9.17) is 4.98 Å². The molecule has 0 unspecified atom stereocenters. The van der Waals surface area contributed by atoms with Crippen LogP contribution >= 0.6 is 0 Å². The number of aromatic nitrogens is 1. The summed E-state index contributed by atoms with van der Waals surface area (Å²) in [7, 11) is 0. The Labute approximate surface area is 196 Å². The molecule has 0 saturated carbocycles. The van der Waals surface area contributed by atoms with Crippen LogP contribution in [0.3, 0.4) is 0 Å². The van der Waals surface area contributed by atoms with Crippen molar-refractivity contribution in [3.05, 3.63) is 102 Å². The van der Waals surface area contributed by atoms with E-state index in [1.165, 1.54) is 27.6 Å². The summed E-state index contributed by atoms with van der Waals surface area (Å²) >= 11 is 0. The minimum absolute atomic E-state index is 0.431. The molecule has 0 aliphatic carbocycles. The molecule has 164 valence electrons. The Bertz CT molecular complexity index is 1420. The summed E-state index contributed by atoms with van der Waals surface area (Å²) in [6.45, 7) is 9.02. The minimum Gasteiger partial charge on any atom is -0.353 e. The molecule has 0 radical (unpaired) electrons. The zero-order chi connectivity index (χ0) is 22.9. The van der Waals surface area contributed by atoms with Gasteiger partial charge >= 0.3 is 0 Å². The van der Waals surface area contributed by atoms with Crippen LogP contribution < -0.4 is 5.32 Å². The summed E-state index contributed by atoms with van der Waals surface area (Å²) < 4.78 is 0. The molecule has 4 aromatic carbocycles. The van der Waals surface area contributed by atoms with Crippen LogP contribution in [0, 0.1) is 0 Å². The highest BCUT2D eigenvalue weighted by molar-refractivity contribution is 5.99. The van der Waals surface area contributed by atoms with Crippen molar-refractivity contribution in [1.82, 2.24) is 4.98 Å². The van der Waals surface area contributed by atoms with E-state index >= 15 is 0 Å². The number of hydrogen-bond acceptors (Lipinski definition) is 2. The third-order valence-corrected chi connectivity index (χ3v) is 6.42. The van der Waals surface area contributed by atoms with Crippen molar-refractivity contribution in [1.29, 1.82) is 0 Å². The van der Waals surface area contributed by atoms with Gasteiger partial charge in [0.2, 0.25) is 0 Å². The van der Waals surface area contributed by atoms with E-state index in [1.807, 2.05) is 0 Å². The van der Waals surface area contributed by atoms with E-state index < -0.39 is 0 Å². The fourth-order valence-electron chi connectivity index (χ4n) is 4.68. The van der Waals surface area contributed by atoms with Gasteiger partial charge in [0.25, 0.3) is 0 Å². The quantitative estimate of drug-likeness (QED) is 0.301. The van der Waals surface area contributed by atoms with E-state index in [1.54, 1.807) is 0 Å². The molecule has 5 rings (SSSR count). The average molecular weight is 431 g/mol. The van der Waals surface area contributed by atoms with Crippen molar-refractivity contribution < 1.29 is 0 Å². The van der Waals surface area contributed by atoms with Crippen LogP contribution in [0.5, 0.6) is 0 Å². The minimum atomic E-state index is 0.431. The Hall–Kier alpha value is -3.65. The van der Waals surface area contributed by atoms with Crippen molar-refractivity contribution in [3.63, 3.8) is 0 Å². The van der Waals surface area contributed by atoms with Gasteiger partial charge in [-0.3, -0.25) is 0 Å². The van der Waals surface area contributed by atoms with Gasteiger partial charge in [-0.25, -0.2) is 4.98 Å². The second-order valence-electron chi connectivity index (χ2n) is 9.35. The van der Waals surface area contributed by atoms with E-state index in [0.717, 1.165) is 27.8 Å². The molecule has 1 aromatic heterocycles. The first-order chi connectivity index (χ1) is 16.0. The van der Waals surface area contributed by atoms with Gasteiger partial charge < -0.3 is 5.32 Å². The summed E-state index contributed by atoms with van der Waals surface area (Å²) in [6, 6.07) is 32.3. The van der Waals surface area contributed by atoms with Crippen LogP contribution in [0.15, 0.2) is 91.0 Å². The largest absolute Gasteiger partial charge is 0.353 e. The van der Waals surface area contributed by atoms with Gasteiger partial charge in [-0.15, -0.1) is 0 Å². The van der Waals surface area contributed by atoms with Crippen molar-refractivity contribution in [2.75, 3.05) is 5.32 Å². The van der Waals surface area contributed by atoms with Crippen LogP contribution in [0.25, 0.3) is 32.9 Å². The lowest BCUT2D eigenvalue weighted by molar-refractivity contribution is 0.838. The number of nitrogens with one attached hydrogen (secondary N) is 1. The molecule has 0 bridgehead atoms. The zero-order valence-corrected chi connectivity index (χ0v) is 19.8. The van der Waals surface area contributed by atoms with Gasteiger partial charge in [-0.2, -0.15) is 0 Å². The highest BCUT2D eigenvalue weighted by atomic mass is 14.9. The van der Waals surface area contributed by atoms with E-state index in [0.29, 0.717) is 11.8 Å². The lowest BCUT2D eigenvalue weighted by Crippen LogP contribution is -2.04. The van der Waals surface area contributed by atoms with Gasteiger partial charge in [-0.05, 0) is 45.9 Å². The normalized spacial score (nSPS) is 11.6. The first-order valence-corrected chi connectivity index (χ1v) is 11.8. The van der Waals surface area contributed by atoms with E-state index in [2.05, 4.69) is 124 Å². The zero-order valence-electron chi connectivity index (χ0n) is 19.8. The van der Waals surface area contributed by atoms with Crippen molar-refractivity contribution in [2.24, 2.45) is 0 Å². The smallest absolute Gasteiger partial charge is 0.0944 e. The van der Waals surface area contributed by atoms with Crippen LogP contribution in [-0.2, 0) is 0 Å². The van der Waals surface area contributed by atoms with Gasteiger partial charge in [0.1, 0.15) is 0 Å². The Morgan fingerprint density at radius 1 is 0.606 bits per heavy atom. The lowest BCUT2D eigenvalue weighted by Gasteiger charge is -2.21. The molecule has 0 atom stereocenters. The molecule has 0 amide bonds. The predicted molar refractivity (Wildman–Crippen MR) is 143 cm³/mol. The molecular formula is C31H30N2. The summed E-state index contributed by atoms with van der Waals surface area (Å²) in [5.41, 5.74) is 8.09. The molecule has 0 aliphatic rings. The van der Waals surface area contributed by atoms with Gasteiger partial charge in [0, 0.05) is 16.6 Å². The average Bonchev–Trinajstić information content (AvgIpc) is 2.83. The highest BCUT2D eigenvalue weighted by Gasteiger charge is 2.16. The number of nitrogens with zero attached hydrogens (tertiary/aromatic N) is 1. The van der Waals surface area contributed by atoms with Crippen LogP contribution in [-0.4, -0.2) is 4.98 Å². The SMILES string of the molecule is CC(C)c1cccc(C(C)C)c1Nc1cccc2ccc(-c3cccc4ccccc34)nc12. The molecule has 2 heteroatoms. The standard InChI is InChI=1S/C31H30N2/c1-20(2)24-14-9-15-25(21(3)4)31(24)33-29-17-8-12-23-18-19-28(32-30(23)29)27-16-7-11-22-10-5-6-13-26(22)27/h5-21,33H,1-4H3. The number of benzene rings is 4. The van der Waals surface area contributed by atoms with Gasteiger partial charge in [-0.1, -0.05) is 107 Å². The lowest BCUT2D eigenvalue weighted by atomic mass is 9.92. The number of para-hydroxylation sites is 2. The molecular weight excluding hydrogens is 400 g/mol. The second-order valence-corrected chi connectivity index (χ2v) is 9.35. The third-order valence-electron chi connectivity index (χ3n) is 6.42. The fourth-order valence-corrected chi connectivity index (χ4v) is 4.68. The predicted octanol–water partition coefficient (Wildman–Crippen LogP) is 9.05. The topological polar surface area (TPSA) is 24.9 Å². The maximum absolute atomic E-state index is 5.18. The van der Waals surface area contributed by atoms with Gasteiger partial charge in [0.05, 0.1) is 16.9 Å². The first-order valence-electron chi connectivity index (χ1n) is 11.8. The summed E-state index contributed by atoms with van der Waals surface area (Å²) in [5, 5.41) is 7.39. The monoisotopic (exact) mass is 430 g/mol. The fraction of sp³-hybridized carbons (Fsp3) is 0.194. The molecule has 0 spiro atoms. The molecule has 1 N–H and O–H groups in total.